The Kier molecular flexibility index (Phi) is 6.83. The van der Waals surface area contributed by atoms with Gasteiger partial charge in [-0.05, 0) is 24.6 Å². The van der Waals surface area contributed by atoms with E-state index in [1.54, 1.807) is 12.3 Å². The molecule has 1 N–H and O–H groups in total. The fourth-order valence-corrected chi connectivity index (χ4v) is 5.15. The Morgan fingerprint density at radius 1 is 1.26 bits per heavy atom. The second-order valence-electron chi connectivity index (χ2n) is 6.80. The van der Waals surface area contributed by atoms with Crippen LogP contribution in [-0.4, -0.2) is 51.2 Å². The maximum atomic E-state index is 15.4. The summed E-state index contributed by atoms with van der Waals surface area (Å²) in [5.74, 6) is -1.23. The SMILES string of the molecule is CCCS(=O)Nc1ccc(F)c(-c2nc(N3CCOCC3)sc2-c2ccncn2)c1F. The molecule has 0 spiro atoms. The largest absolute Gasteiger partial charge is 0.378 e. The molecule has 1 unspecified atom stereocenters. The van der Waals surface area contributed by atoms with E-state index in [0.29, 0.717) is 54.2 Å². The quantitative estimate of drug-likeness (QED) is 0.571. The molecule has 1 aromatic carbocycles. The van der Waals surface area contributed by atoms with Crippen LogP contribution in [0.2, 0.25) is 0 Å². The summed E-state index contributed by atoms with van der Waals surface area (Å²) in [7, 11) is -1.47. The van der Waals surface area contributed by atoms with E-state index < -0.39 is 22.6 Å². The fourth-order valence-electron chi connectivity index (χ4n) is 3.17. The third-order valence-corrected chi connectivity index (χ3v) is 7.02. The molecule has 0 bridgehead atoms. The molecular formula is C20H21F2N5O2S2. The van der Waals surface area contributed by atoms with Crippen LogP contribution in [0.3, 0.4) is 0 Å². The predicted octanol–water partition coefficient (Wildman–Crippen LogP) is 3.87. The summed E-state index contributed by atoms with van der Waals surface area (Å²) in [5, 5.41) is 0.638. The highest BCUT2D eigenvalue weighted by Gasteiger charge is 2.26. The van der Waals surface area contributed by atoms with Crippen molar-refractivity contribution in [3.05, 3.63) is 42.4 Å². The second-order valence-corrected chi connectivity index (χ2v) is 9.08. The lowest BCUT2D eigenvalue weighted by Crippen LogP contribution is -2.36. The molecular weight excluding hydrogens is 444 g/mol. The predicted molar refractivity (Wildman–Crippen MR) is 118 cm³/mol. The molecule has 0 amide bonds. The number of rotatable bonds is 7. The number of ether oxygens (including phenoxy) is 1. The van der Waals surface area contributed by atoms with E-state index >= 15 is 4.39 Å². The summed E-state index contributed by atoms with van der Waals surface area (Å²) in [6.07, 6.45) is 3.62. The number of nitrogens with zero attached hydrogens (tertiary/aromatic N) is 4. The Bertz CT molecular complexity index is 1070. The standard InChI is InChI=1S/C20H21F2N5O2S2/c1-2-11-31(28)26-14-4-3-13(21)16(17(14)22)18-19(15-5-6-23-12-24-15)30-20(25-18)27-7-9-29-10-8-27/h3-6,12,26H,2,7-11H2,1H3. The minimum absolute atomic E-state index is 0.0299. The van der Waals surface area contributed by atoms with E-state index in [2.05, 4.69) is 19.7 Å². The number of aromatic nitrogens is 3. The van der Waals surface area contributed by atoms with Crippen molar-refractivity contribution < 1.29 is 17.7 Å². The van der Waals surface area contributed by atoms with Gasteiger partial charge in [-0.2, -0.15) is 0 Å². The lowest BCUT2D eigenvalue weighted by molar-refractivity contribution is 0.122. The Hall–Kier alpha value is -2.50. The number of hydrogen-bond donors (Lipinski definition) is 1. The van der Waals surface area contributed by atoms with Crippen LogP contribution in [-0.2, 0) is 15.7 Å². The highest BCUT2D eigenvalue weighted by molar-refractivity contribution is 7.86. The molecule has 0 saturated carbocycles. The lowest BCUT2D eigenvalue weighted by Gasteiger charge is -2.26. The molecule has 3 heterocycles. The van der Waals surface area contributed by atoms with Gasteiger partial charge in [0, 0.05) is 25.0 Å². The van der Waals surface area contributed by atoms with Crippen LogP contribution in [0.1, 0.15) is 13.3 Å². The Morgan fingerprint density at radius 3 is 2.77 bits per heavy atom. The smallest absolute Gasteiger partial charge is 0.186 e. The molecule has 1 aliphatic heterocycles. The molecule has 4 rings (SSSR count). The van der Waals surface area contributed by atoms with Gasteiger partial charge in [0.2, 0.25) is 0 Å². The van der Waals surface area contributed by atoms with Crippen molar-refractivity contribution in [3.8, 4) is 21.8 Å². The zero-order valence-electron chi connectivity index (χ0n) is 16.8. The first-order chi connectivity index (χ1) is 15.1. The van der Waals surface area contributed by atoms with Crippen molar-refractivity contribution >= 4 is 33.1 Å². The number of morpholine rings is 1. The molecule has 3 aromatic rings. The minimum atomic E-state index is -1.47. The fraction of sp³-hybridized carbons (Fsp3) is 0.350. The van der Waals surface area contributed by atoms with Crippen LogP contribution in [0.15, 0.2) is 30.7 Å². The molecule has 2 aromatic heterocycles. The van der Waals surface area contributed by atoms with E-state index in [0.717, 1.165) is 6.07 Å². The normalized spacial score (nSPS) is 15.1. The van der Waals surface area contributed by atoms with Crippen molar-refractivity contribution in [2.45, 2.75) is 13.3 Å². The van der Waals surface area contributed by atoms with Gasteiger partial charge in [-0.25, -0.2) is 27.9 Å². The number of nitrogens with one attached hydrogen (secondary N) is 1. The summed E-state index contributed by atoms with van der Waals surface area (Å²) >= 11 is 1.31. The number of anilines is 2. The second kappa shape index (κ2) is 9.75. The number of halogens is 2. The Morgan fingerprint density at radius 2 is 2.06 bits per heavy atom. The van der Waals surface area contributed by atoms with Gasteiger partial charge in [-0.3, -0.25) is 0 Å². The van der Waals surface area contributed by atoms with E-state index in [1.165, 1.54) is 23.7 Å². The van der Waals surface area contributed by atoms with Crippen molar-refractivity contribution in [2.24, 2.45) is 0 Å². The third-order valence-electron chi connectivity index (χ3n) is 4.65. The van der Waals surface area contributed by atoms with Gasteiger partial charge in [0.15, 0.2) is 10.9 Å². The van der Waals surface area contributed by atoms with E-state index in [9.17, 15) is 8.60 Å². The van der Waals surface area contributed by atoms with Crippen LogP contribution < -0.4 is 9.62 Å². The van der Waals surface area contributed by atoms with Crippen LogP contribution >= 0.6 is 11.3 Å². The topological polar surface area (TPSA) is 80.2 Å². The maximum Gasteiger partial charge on any atom is 0.186 e. The molecule has 1 atom stereocenters. The molecule has 0 radical (unpaired) electrons. The minimum Gasteiger partial charge on any atom is -0.378 e. The summed E-state index contributed by atoms with van der Waals surface area (Å²) in [5.41, 5.74) is 0.375. The molecule has 1 aliphatic rings. The van der Waals surface area contributed by atoms with Gasteiger partial charge in [-0.15, -0.1) is 0 Å². The average molecular weight is 466 g/mol. The van der Waals surface area contributed by atoms with E-state index in [4.69, 9.17) is 4.74 Å². The first kappa shape index (κ1) is 21.7. The van der Waals surface area contributed by atoms with Crippen molar-refractivity contribution in [1.82, 2.24) is 15.0 Å². The van der Waals surface area contributed by atoms with Crippen molar-refractivity contribution in [3.63, 3.8) is 0 Å². The molecule has 11 heteroatoms. The molecule has 164 valence electrons. The van der Waals surface area contributed by atoms with Crippen molar-refractivity contribution in [2.75, 3.05) is 41.7 Å². The van der Waals surface area contributed by atoms with Crippen LogP contribution in [0, 0.1) is 11.6 Å². The van der Waals surface area contributed by atoms with Gasteiger partial charge >= 0.3 is 0 Å². The zero-order chi connectivity index (χ0) is 21.8. The van der Waals surface area contributed by atoms with Gasteiger partial charge in [0.25, 0.3) is 0 Å². The summed E-state index contributed by atoms with van der Waals surface area (Å²) in [6, 6.07) is 4.08. The number of hydrogen-bond acceptors (Lipinski definition) is 7. The first-order valence-electron chi connectivity index (χ1n) is 9.81. The van der Waals surface area contributed by atoms with Gasteiger partial charge in [0.1, 0.15) is 23.1 Å². The summed E-state index contributed by atoms with van der Waals surface area (Å²) in [4.78, 5) is 15.3. The molecule has 1 saturated heterocycles. The first-order valence-corrected chi connectivity index (χ1v) is 11.9. The van der Waals surface area contributed by atoms with Crippen LogP contribution in [0.25, 0.3) is 21.8 Å². The summed E-state index contributed by atoms with van der Waals surface area (Å²) in [6.45, 7) is 4.27. The lowest BCUT2D eigenvalue weighted by atomic mass is 10.1. The van der Waals surface area contributed by atoms with Crippen LogP contribution in [0.5, 0.6) is 0 Å². The maximum absolute atomic E-state index is 15.4. The highest BCUT2D eigenvalue weighted by Crippen LogP contribution is 2.42. The highest BCUT2D eigenvalue weighted by atomic mass is 32.2. The zero-order valence-corrected chi connectivity index (χ0v) is 18.4. The number of thiazole rings is 1. The van der Waals surface area contributed by atoms with Gasteiger partial charge in [0.05, 0.1) is 40.7 Å². The van der Waals surface area contributed by atoms with E-state index in [-0.39, 0.29) is 16.9 Å². The molecule has 0 aliphatic carbocycles. The van der Waals surface area contributed by atoms with Crippen LogP contribution in [0.4, 0.5) is 19.6 Å². The molecule has 1 fully saturated rings. The monoisotopic (exact) mass is 465 g/mol. The van der Waals surface area contributed by atoms with Gasteiger partial charge in [-0.1, -0.05) is 18.3 Å². The summed E-state index contributed by atoms with van der Waals surface area (Å²) < 4.78 is 50.4. The third kappa shape index (κ3) is 4.73. The molecule has 31 heavy (non-hydrogen) atoms. The number of benzene rings is 1. The average Bonchev–Trinajstić information content (AvgIpc) is 3.22. The molecule has 7 nitrogen and oxygen atoms in total. The van der Waals surface area contributed by atoms with E-state index in [1.807, 2.05) is 11.8 Å². The van der Waals surface area contributed by atoms with Crippen molar-refractivity contribution in [1.29, 1.82) is 0 Å². The Labute approximate surface area is 185 Å². The van der Waals surface area contributed by atoms with Gasteiger partial charge < -0.3 is 14.4 Å². The Balaban J connectivity index is 1.82.